The maximum Gasteiger partial charge on any atom is 0.246 e. The lowest BCUT2D eigenvalue weighted by Gasteiger charge is -2.48. The molecule has 5 nitrogen and oxygen atoms in total. The third kappa shape index (κ3) is 2.76. The van der Waals surface area contributed by atoms with E-state index in [-0.39, 0.29) is 30.4 Å². The van der Waals surface area contributed by atoms with Crippen LogP contribution < -0.4 is 0 Å². The zero-order valence-electron chi connectivity index (χ0n) is 17.7. The van der Waals surface area contributed by atoms with Gasteiger partial charge in [-0.05, 0) is 37.5 Å². The summed E-state index contributed by atoms with van der Waals surface area (Å²) in [6, 6.07) is 15.8. The van der Waals surface area contributed by atoms with Crippen molar-refractivity contribution < 1.29 is 9.59 Å². The molecule has 154 valence electrons. The molecule has 0 radical (unpaired) electrons. The third-order valence-corrected chi connectivity index (χ3v) is 6.77. The summed E-state index contributed by atoms with van der Waals surface area (Å²) in [5.74, 6) is 0.0910. The first-order chi connectivity index (χ1) is 14.5. The van der Waals surface area contributed by atoms with Gasteiger partial charge in [-0.15, -0.1) is 0 Å². The molecular formula is C25H27N3O2. The van der Waals surface area contributed by atoms with Crippen molar-refractivity contribution in [2.24, 2.45) is 0 Å². The van der Waals surface area contributed by atoms with Gasteiger partial charge in [0.05, 0.1) is 6.04 Å². The Morgan fingerprint density at radius 2 is 1.93 bits per heavy atom. The van der Waals surface area contributed by atoms with Crippen LogP contribution >= 0.6 is 0 Å². The molecule has 30 heavy (non-hydrogen) atoms. The number of amides is 2. The number of aryl methyl sites for hydroxylation is 1. The zero-order valence-corrected chi connectivity index (χ0v) is 17.7. The van der Waals surface area contributed by atoms with Crippen LogP contribution in [0.25, 0.3) is 10.9 Å². The monoisotopic (exact) mass is 401 g/mol. The van der Waals surface area contributed by atoms with Gasteiger partial charge in [0, 0.05) is 29.1 Å². The van der Waals surface area contributed by atoms with Crippen molar-refractivity contribution in [1.29, 1.82) is 0 Å². The number of nitrogens with zero attached hydrogens (tertiary/aromatic N) is 2. The van der Waals surface area contributed by atoms with E-state index in [2.05, 4.69) is 49.2 Å². The molecule has 0 aliphatic carbocycles. The number of fused-ring (bicyclic) bond motifs is 4. The average molecular weight is 402 g/mol. The number of H-pyrrole nitrogens is 1. The molecule has 2 aliphatic rings. The lowest BCUT2D eigenvalue weighted by molar-refractivity contribution is -0.160. The Balaban J connectivity index is 1.71. The summed E-state index contributed by atoms with van der Waals surface area (Å²) in [7, 11) is 0. The molecule has 1 N–H and O–H groups in total. The Labute approximate surface area is 176 Å². The fourth-order valence-corrected chi connectivity index (χ4v) is 5.07. The van der Waals surface area contributed by atoms with Gasteiger partial charge in [-0.1, -0.05) is 55.0 Å². The highest BCUT2D eigenvalue weighted by atomic mass is 16.2. The van der Waals surface area contributed by atoms with Gasteiger partial charge in [-0.3, -0.25) is 9.59 Å². The minimum absolute atomic E-state index is 0.0238. The van der Waals surface area contributed by atoms with Crippen LogP contribution in [0, 0.1) is 6.92 Å². The van der Waals surface area contributed by atoms with Crippen molar-refractivity contribution in [1.82, 2.24) is 14.8 Å². The van der Waals surface area contributed by atoms with E-state index in [1.165, 1.54) is 0 Å². The van der Waals surface area contributed by atoms with Crippen LogP contribution in [0.1, 0.15) is 48.7 Å². The van der Waals surface area contributed by atoms with Gasteiger partial charge < -0.3 is 14.8 Å². The second-order valence-corrected chi connectivity index (χ2v) is 8.62. The fourth-order valence-electron chi connectivity index (χ4n) is 5.07. The molecule has 1 saturated heterocycles. The fraction of sp³-hybridized carbons (Fsp3) is 0.360. The summed E-state index contributed by atoms with van der Waals surface area (Å²) in [4.78, 5) is 34.1. The highest BCUT2D eigenvalue weighted by Gasteiger charge is 2.48. The largest absolute Gasteiger partial charge is 0.356 e. The molecule has 2 aliphatic heterocycles. The maximum atomic E-state index is 13.5. The highest BCUT2D eigenvalue weighted by molar-refractivity contribution is 5.97. The molecule has 5 heteroatoms. The Hall–Kier alpha value is -3.08. The number of nitrogens with one attached hydrogen (secondary N) is 1. The second kappa shape index (κ2) is 7.01. The molecule has 3 aromatic rings. The van der Waals surface area contributed by atoms with E-state index in [4.69, 9.17) is 0 Å². The van der Waals surface area contributed by atoms with Crippen LogP contribution in [-0.2, 0) is 16.0 Å². The Morgan fingerprint density at radius 3 is 2.70 bits per heavy atom. The summed E-state index contributed by atoms with van der Waals surface area (Å²) >= 11 is 0. The van der Waals surface area contributed by atoms with E-state index in [9.17, 15) is 9.59 Å². The van der Waals surface area contributed by atoms with Gasteiger partial charge in [-0.2, -0.15) is 0 Å². The topological polar surface area (TPSA) is 56.4 Å². The first-order valence-corrected chi connectivity index (χ1v) is 10.8. The number of hydrogen-bond acceptors (Lipinski definition) is 2. The molecule has 3 unspecified atom stereocenters. The number of aromatic nitrogens is 1. The molecule has 3 heterocycles. The van der Waals surface area contributed by atoms with E-state index in [1.807, 2.05) is 30.0 Å². The SMILES string of the molecule is CCC(C)N1CC(=O)N2C(Cc3c([nH]c4ccccc34)C2c2cccc(C)c2)C1=O. The highest BCUT2D eigenvalue weighted by Crippen LogP contribution is 2.42. The average Bonchev–Trinajstić information content (AvgIpc) is 3.12. The van der Waals surface area contributed by atoms with Crippen LogP contribution in [0.15, 0.2) is 48.5 Å². The summed E-state index contributed by atoms with van der Waals surface area (Å²) in [5, 5.41) is 1.14. The first kappa shape index (κ1) is 18.9. The van der Waals surface area contributed by atoms with Crippen molar-refractivity contribution in [2.75, 3.05) is 6.54 Å². The smallest absolute Gasteiger partial charge is 0.246 e. The molecule has 1 aromatic heterocycles. The van der Waals surface area contributed by atoms with Crippen LogP contribution in [0.3, 0.4) is 0 Å². The molecule has 5 rings (SSSR count). The Bertz CT molecular complexity index is 1150. The zero-order chi connectivity index (χ0) is 21.0. The van der Waals surface area contributed by atoms with Crippen LogP contribution in [0.5, 0.6) is 0 Å². The van der Waals surface area contributed by atoms with Gasteiger partial charge >= 0.3 is 0 Å². The number of carbonyl (C=O) groups excluding carboxylic acids is 2. The molecule has 0 saturated carbocycles. The number of aromatic amines is 1. The van der Waals surface area contributed by atoms with Gasteiger partial charge in [-0.25, -0.2) is 0 Å². The quantitative estimate of drug-likeness (QED) is 0.722. The van der Waals surface area contributed by atoms with E-state index in [0.717, 1.165) is 39.7 Å². The molecule has 2 aromatic carbocycles. The number of rotatable bonds is 3. The molecular weight excluding hydrogens is 374 g/mol. The minimum atomic E-state index is -0.461. The minimum Gasteiger partial charge on any atom is -0.356 e. The number of hydrogen-bond donors (Lipinski definition) is 1. The van der Waals surface area contributed by atoms with E-state index in [0.29, 0.717) is 6.42 Å². The molecule has 1 fully saturated rings. The van der Waals surface area contributed by atoms with E-state index >= 15 is 0 Å². The molecule has 3 atom stereocenters. The predicted molar refractivity (Wildman–Crippen MR) is 117 cm³/mol. The van der Waals surface area contributed by atoms with Crippen molar-refractivity contribution in [2.45, 2.75) is 51.7 Å². The van der Waals surface area contributed by atoms with Gasteiger partial charge in [0.1, 0.15) is 12.6 Å². The number of para-hydroxylation sites is 1. The third-order valence-electron chi connectivity index (χ3n) is 6.77. The van der Waals surface area contributed by atoms with Crippen LogP contribution in [-0.4, -0.2) is 45.2 Å². The van der Waals surface area contributed by atoms with Crippen molar-refractivity contribution in [3.63, 3.8) is 0 Å². The molecule has 0 bridgehead atoms. The van der Waals surface area contributed by atoms with Gasteiger partial charge in [0.2, 0.25) is 11.8 Å². The Morgan fingerprint density at radius 1 is 1.13 bits per heavy atom. The summed E-state index contributed by atoms with van der Waals surface area (Å²) < 4.78 is 0. The Kier molecular flexibility index (Phi) is 4.42. The normalized spacial score (nSPS) is 22.2. The molecule has 0 spiro atoms. The van der Waals surface area contributed by atoms with Gasteiger partial charge in [0.15, 0.2) is 0 Å². The predicted octanol–water partition coefficient (Wildman–Crippen LogP) is 3.96. The standard InChI is InChI=1S/C25H27N3O2/c1-4-16(3)27-14-22(29)28-21(25(27)30)13-19-18-10-5-6-11-20(18)26-23(19)24(28)17-9-7-8-15(2)12-17/h5-12,16,21,24,26H,4,13-14H2,1-3H3. The van der Waals surface area contributed by atoms with E-state index in [1.54, 1.807) is 4.90 Å². The van der Waals surface area contributed by atoms with Crippen molar-refractivity contribution >= 4 is 22.7 Å². The van der Waals surface area contributed by atoms with Crippen LogP contribution in [0.2, 0.25) is 0 Å². The number of benzene rings is 2. The molecule has 2 amide bonds. The maximum absolute atomic E-state index is 13.5. The number of carbonyl (C=O) groups is 2. The summed E-state index contributed by atoms with van der Waals surface area (Å²) in [6.45, 7) is 6.30. The second-order valence-electron chi connectivity index (χ2n) is 8.62. The van der Waals surface area contributed by atoms with Crippen LogP contribution in [0.4, 0.5) is 0 Å². The van der Waals surface area contributed by atoms with Crippen molar-refractivity contribution in [3.05, 3.63) is 70.9 Å². The lowest BCUT2D eigenvalue weighted by Crippen LogP contribution is -2.64. The summed E-state index contributed by atoms with van der Waals surface area (Å²) in [6.07, 6.45) is 1.39. The van der Waals surface area contributed by atoms with Crippen molar-refractivity contribution in [3.8, 4) is 0 Å². The summed E-state index contributed by atoms with van der Waals surface area (Å²) in [5.41, 5.74) is 5.44. The lowest BCUT2D eigenvalue weighted by atomic mass is 9.85. The van der Waals surface area contributed by atoms with E-state index < -0.39 is 6.04 Å². The van der Waals surface area contributed by atoms with Gasteiger partial charge in [0.25, 0.3) is 0 Å². The number of piperazine rings is 1. The first-order valence-electron chi connectivity index (χ1n) is 10.8.